The van der Waals surface area contributed by atoms with Crippen LogP contribution in [0.4, 0.5) is 0 Å². The Kier molecular flexibility index (Phi) is 8.78. The molecule has 0 aromatic carbocycles. The number of rotatable bonds is 5. The van der Waals surface area contributed by atoms with Gasteiger partial charge in [0, 0.05) is 12.4 Å². The van der Waals surface area contributed by atoms with Crippen molar-refractivity contribution in [1.82, 2.24) is 9.88 Å². The Bertz CT molecular complexity index is 324. The molecule has 1 aromatic rings. The van der Waals surface area contributed by atoms with Gasteiger partial charge in [0.2, 0.25) is 0 Å². The van der Waals surface area contributed by atoms with Crippen LogP contribution in [0, 0.1) is 0 Å². The molecular weight excluding hydrogens is 232 g/mol. The number of hydrogen-bond acceptors (Lipinski definition) is 4. The average Bonchev–Trinajstić information content (AvgIpc) is 2.31. The highest BCUT2D eigenvalue weighted by Crippen LogP contribution is 1.95. The van der Waals surface area contributed by atoms with Crippen molar-refractivity contribution in [1.29, 1.82) is 0 Å². The van der Waals surface area contributed by atoms with Crippen molar-refractivity contribution in [3.05, 3.63) is 30.1 Å². The minimum Gasteiger partial charge on any atom is -0.481 e. The molecule has 0 aliphatic carbocycles. The van der Waals surface area contributed by atoms with E-state index in [4.69, 9.17) is 10.2 Å². The minimum atomic E-state index is -0.826. The van der Waals surface area contributed by atoms with Crippen LogP contribution in [0.15, 0.2) is 24.5 Å². The number of pyridine rings is 1. The predicted molar refractivity (Wildman–Crippen MR) is 70.2 cm³/mol. The first-order valence-electron chi connectivity index (χ1n) is 6.04. The summed E-state index contributed by atoms with van der Waals surface area (Å²) in [5.41, 5.74) is 0.731. The molecule has 2 N–H and O–H groups in total. The van der Waals surface area contributed by atoms with Crippen LogP contribution in [0.5, 0.6) is 0 Å². The molecule has 0 saturated heterocycles. The third kappa shape index (κ3) is 7.76. The second-order valence-electron chi connectivity index (χ2n) is 3.78. The van der Waals surface area contributed by atoms with E-state index in [0.29, 0.717) is 0 Å². The number of hydrogen-bond donors (Lipinski definition) is 2. The molecule has 1 aromatic heterocycles. The first kappa shape index (κ1) is 16.5. The van der Waals surface area contributed by atoms with E-state index in [2.05, 4.69) is 4.98 Å². The Labute approximate surface area is 108 Å². The largest absolute Gasteiger partial charge is 0.481 e. The Morgan fingerprint density at radius 2 is 2.06 bits per heavy atom. The van der Waals surface area contributed by atoms with E-state index in [9.17, 15) is 4.79 Å². The van der Waals surface area contributed by atoms with Gasteiger partial charge in [0.25, 0.3) is 0 Å². The SMILES string of the molecule is CCN(CC)C(C)O.O=C(O)Cc1cccnc1. The Balaban J connectivity index is 0.000000331. The Hall–Kier alpha value is -1.46. The van der Waals surface area contributed by atoms with Crippen molar-refractivity contribution in [3.8, 4) is 0 Å². The molecule has 1 rings (SSSR count). The van der Waals surface area contributed by atoms with Gasteiger partial charge >= 0.3 is 5.97 Å². The van der Waals surface area contributed by atoms with Gasteiger partial charge in [-0.3, -0.25) is 14.7 Å². The maximum atomic E-state index is 10.1. The molecule has 0 radical (unpaired) electrons. The van der Waals surface area contributed by atoms with Crippen molar-refractivity contribution < 1.29 is 15.0 Å². The molecule has 1 unspecified atom stereocenters. The molecule has 1 heterocycles. The van der Waals surface area contributed by atoms with E-state index in [-0.39, 0.29) is 12.6 Å². The van der Waals surface area contributed by atoms with E-state index >= 15 is 0 Å². The smallest absolute Gasteiger partial charge is 0.307 e. The fraction of sp³-hybridized carbons (Fsp3) is 0.538. The van der Waals surface area contributed by atoms with Gasteiger partial charge in [-0.25, -0.2) is 0 Å². The molecule has 102 valence electrons. The average molecular weight is 254 g/mol. The van der Waals surface area contributed by atoms with Gasteiger partial charge in [0.1, 0.15) is 6.23 Å². The summed E-state index contributed by atoms with van der Waals surface area (Å²) < 4.78 is 0. The molecule has 0 spiro atoms. The van der Waals surface area contributed by atoms with E-state index in [1.165, 1.54) is 0 Å². The highest BCUT2D eigenvalue weighted by molar-refractivity contribution is 5.69. The monoisotopic (exact) mass is 254 g/mol. The zero-order valence-corrected chi connectivity index (χ0v) is 11.2. The van der Waals surface area contributed by atoms with Crippen LogP contribution in [0.1, 0.15) is 26.3 Å². The summed E-state index contributed by atoms with van der Waals surface area (Å²) in [6.45, 7) is 7.71. The van der Waals surface area contributed by atoms with Gasteiger partial charge in [0.15, 0.2) is 0 Å². The van der Waals surface area contributed by atoms with E-state index < -0.39 is 5.97 Å². The summed E-state index contributed by atoms with van der Waals surface area (Å²) in [7, 11) is 0. The summed E-state index contributed by atoms with van der Waals surface area (Å²) in [5.74, 6) is -0.826. The summed E-state index contributed by atoms with van der Waals surface area (Å²) in [6, 6.07) is 3.46. The lowest BCUT2D eigenvalue weighted by Crippen LogP contribution is -2.32. The fourth-order valence-electron chi connectivity index (χ4n) is 1.43. The van der Waals surface area contributed by atoms with E-state index in [1.807, 2.05) is 18.7 Å². The van der Waals surface area contributed by atoms with Crippen LogP contribution in [-0.4, -0.2) is 45.4 Å². The van der Waals surface area contributed by atoms with Crippen LogP contribution < -0.4 is 0 Å². The zero-order chi connectivity index (χ0) is 14.0. The van der Waals surface area contributed by atoms with Gasteiger partial charge < -0.3 is 10.2 Å². The predicted octanol–water partition coefficient (Wildman–Crippen LogP) is 1.38. The quantitative estimate of drug-likeness (QED) is 0.776. The maximum absolute atomic E-state index is 10.1. The lowest BCUT2D eigenvalue weighted by molar-refractivity contribution is -0.136. The summed E-state index contributed by atoms with van der Waals surface area (Å²) in [6.07, 6.45) is 2.93. The topological polar surface area (TPSA) is 73.7 Å². The molecule has 0 fully saturated rings. The Morgan fingerprint density at radius 1 is 1.44 bits per heavy atom. The Morgan fingerprint density at radius 3 is 2.33 bits per heavy atom. The number of aromatic nitrogens is 1. The second-order valence-corrected chi connectivity index (χ2v) is 3.78. The fourth-order valence-corrected chi connectivity index (χ4v) is 1.43. The molecule has 0 saturated carbocycles. The van der Waals surface area contributed by atoms with Crippen molar-refractivity contribution in [2.75, 3.05) is 13.1 Å². The van der Waals surface area contributed by atoms with E-state index in [1.54, 1.807) is 31.5 Å². The summed E-state index contributed by atoms with van der Waals surface area (Å²) in [4.78, 5) is 15.9. The van der Waals surface area contributed by atoms with Crippen molar-refractivity contribution >= 4 is 5.97 Å². The first-order chi connectivity index (χ1) is 8.51. The van der Waals surface area contributed by atoms with Gasteiger partial charge in [-0.2, -0.15) is 0 Å². The molecule has 0 amide bonds. The van der Waals surface area contributed by atoms with Gasteiger partial charge in [-0.15, -0.1) is 0 Å². The second kappa shape index (κ2) is 9.56. The molecular formula is C13H22N2O3. The van der Waals surface area contributed by atoms with Crippen molar-refractivity contribution in [3.63, 3.8) is 0 Å². The highest BCUT2D eigenvalue weighted by Gasteiger charge is 2.02. The van der Waals surface area contributed by atoms with Gasteiger partial charge in [-0.05, 0) is 31.6 Å². The normalized spacial score (nSPS) is 11.6. The van der Waals surface area contributed by atoms with Crippen LogP contribution >= 0.6 is 0 Å². The van der Waals surface area contributed by atoms with Crippen LogP contribution in [0.2, 0.25) is 0 Å². The number of carboxylic acids is 1. The number of carboxylic acid groups (broad SMARTS) is 1. The molecule has 5 heteroatoms. The molecule has 1 atom stereocenters. The lowest BCUT2D eigenvalue weighted by Gasteiger charge is -2.20. The summed E-state index contributed by atoms with van der Waals surface area (Å²) >= 11 is 0. The van der Waals surface area contributed by atoms with Crippen LogP contribution in [0.3, 0.4) is 0 Å². The standard InChI is InChI=1S/C7H7NO2.C6H15NO/c9-7(10)4-6-2-1-3-8-5-6;1-4-7(5-2)6(3)8/h1-3,5H,4H2,(H,9,10);6,8H,4-5H2,1-3H3. The number of aliphatic carboxylic acids is 1. The third-order valence-electron chi connectivity index (χ3n) is 2.42. The zero-order valence-electron chi connectivity index (χ0n) is 11.2. The number of carbonyl (C=O) groups is 1. The van der Waals surface area contributed by atoms with E-state index in [0.717, 1.165) is 18.7 Å². The van der Waals surface area contributed by atoms with Gasteiger partial charge in [-0.1, -0.05) is 19.9 Å². The molecule has 18 heavy (non-hydrogen) atoms. The maximum Gasteiger partial charge on any atom is 0.307 e. The third-order valence-corrected chi connectivity index (χ3v) is 2.42. The molecule has 0 aliphatic heterocycles. The number of aliphatic hydroxyl groups is 1. The molecule has 0 aliphatic rings. The van der Waals surface area contributed by atoms with Crippen LogP contribution in [-0.2, 0) is 11.2 Å². The lowest BCUT2D eigenvalue weighted by atomic mass is 10.2. The van der Waals surface area contributed by atoms with Crippen molar-refractivity contribution in [2.24, 2.45) is 0 Å². The van der Waals surface area contributed by atoms with Crippen LogP contribution in [0.25, 0.3) is 0 Å². The van der Waals surface area contributed by atoms with Crippen molar-refractivity contribution in [2.45, 2.75) is 33.4 Å². The summed E-state index contributed by atoms with van der Waals surface area (Å²) in [5, 5.41) is 17.3. The number of aliphatic hydroxyl groups excluding tert-OH is 1. The first-order valence-corrected chi connectivity index (χ1v) is 6.04. The molecule has 5 nitrogen and oxygen atoms in total. The highest BCUT2D eigenvalue weighted by atomic mass is 16.4. The molecule has 0 bridgehead atoms. The number of nitrogens with zero attached hydrogens (tertiary/aromatic N) is 2. The minimum absolute atomic E-state index is 0.0494. The van der Waals surface area contributed by atoms with Gasteiger partial charge in [0.05, 0.1) is 6.42 Å².